The van der Waals surface area contributed by atoms with Crippen molar-refractivity contribution < 1.29 is 14.3 Å². The number of benzene rings is 1. The molecule has 3 rings (SSSR count). The molecule has 0 spiro atoms. The maximum atomic E-state index is 12.4. The molecule has 104 valence electrons. The molecule has 0 saturated carbocycles. The van der Waals surface area contributed by atoms with Crippen LogP contribution in [-0.4, -0.2) is 39.8 Å². The van der Waals surface area contributed by atoms with Gasteiger partial charge in [-0.3, -0.25) is 9.89 Å². The first kappa shape index (κ1) is 12.3. The van der Waals surface area contributed by atoms with Gasteiger partial charge in [0.2, 0.25) is 6.79 Å². The minimum absolute atomic E-state index is 0.139. The zero-order valence-electron chi connectivity index (χ0n) is 10.8. The Kier molecular flexibility index (Phi) is 2.90. The molecule has 0 bridgehead atoms. The molecule has 8 nitrogen and oxygen atoms in total. The molecule has 0 aliphatic carbocycles. The van der Waals surface area contributed by atoms with Gasteiger partial charge in [-0.1, -0.05) is 0 Å². The number of nitrogens with two attached hydrogens (primary N) is 1. The fourth-order valence-corrected chi connectivity index (χ4v) is 1.95. The van der Waals surface area contributed by atoms with Crippen LogP contribution in [0, 0.1) is 0 Å². The standard InChI is InChI=1S/C12H13N5O3/c1-17(4-11-14-5-15-16-11)12(18)7-2-9-10(3-8(7)13)20-6-19-9/h2-3,5H,4,6,13H2,1H3,(H,14,15,16). The van der Waals surface area contributed by atoms with E-state index < -0.39 is 0 Å². The number of rotatable bonds is 3. The van der Waals surface area contributed by atoms with Crippen molar-refractivity contribution in [2.45, 2.75) is 6.54 Å². The fourth-order valence-electron chi connectivity index (χ4n) is 1.95. The third-order valence-corrected chi connectivity index (χ3v) is 2.97. The zero-order chi connectivity index (χ0) is 14.1. The van der Waals surface area contributed by atoms with Crippen LogP contribution in [0.1, 0.15) is 16.2 Å². The van der Waals surface area contributed by atoms with E-state index >= 15 is 0 Å². The van der Waals surface area contributed by atoms with Crippen molar-refractivity contribution in [3.8, 4) is 11.5 Å². The van der Waals surface area contributed by atoms with E-state index in [1.807, 2.05) is 0 Å². The van der Waals surface area contributed by atoms with Crippen molar-refractivity contribution in [2.24, 2.45) is 0 Å². The fraction of sp³-hybridized carbons (Fsp3) is 0.250. The van der Waals surface area contributed by atoms with Crippen molar-refractivity contribution in [1.82, 2.24) is 20.1 Å². The van der Waals surface area contributed by atoms with Gasteiger partial charge < -0.3 is 20.1 Å². The van der Waals surface area contributed by atoms with Gasteiger partial charge in [-0.25, -0.2) is 4.98 Å². The number of carbonyl (C=O) groups is 1. The van der Waals surface area contributed by atoms with E-state index in [9.17, 15) is 4.79 Å². The highest BCUT2D eigenvalue weighted by Gasteiger charge is 2.22. The van der Waals surface area contributed by atoms with Crippen molar-refractivity contribution >= 4 is 11.6 Å². The summed E-state index contributed by atoms with van der Waals surface area (Å²) in [5.74, 6) is 1.45. The maximum absolute atomic E-state index is 12.4. The summed E-state index contributed by atoms with van der Waals surface area (Å²) in [5, 5.41) is 6.44. The molecular weight excluding hydrogens is 262 g/mol. The van der Waals surface area contributed by atoms with Crippen LogP contribution in [0.15, 0.2) is 18.5 Å². The molecule has 1 aromatic carbocycles. The lowest BCUT2D eigenvalue weighted by Gasteiger charge is -2.17. The Bertz CT molecular complexity index is 641. The number of hydrogen-bond acceptors (Lipinski definition) is 6. The molecule has 20 heavy (non-hydrogen) atoms. The molecule has 0 fully saturated rings. The van der Waals surface area contributed by atoms with Gasteiger partial charge in [0.25, 0.3) is 5.91 Å². The second-order valence-electron chi connectivity index (χ2n) is 4.39. The van der Waals surface area contributed by atoms with Gasteiger partial charge in [-0.2, -0.15) is 5.10 Å². The molecule has 0 atom stereocenters. The lowest BCUT2D eigenvalue weighted by atomic mass is 10.1. The van der Waals surface area contributed by atoms with Crippen molar-refractivity contribution in [2.75, 3.05) is 19.6 Å². The topological polar surface area (TPSA) is 106 Å². The molecule has 2 heterocycles. The normalized spacial score (nSPS) is 12.4. The van der Waals surface area contributed by atoms with Gasteiger partial charge in [0.15, 0.2) is 11.5 Å². The summed E-state index contributed by atoms with van der Waals surface area (Å²) < 4.78 is 10.5. The van der Waals surface area contributed by atoms with Gasteiger partial charge in [0, 0.05) is 18.8 Å². The van der Waals surface area contributed by atoms with Gasteiger partial charge in [0.05, 0.1) is 12.1 Å². The van der Waals surface area contributed by atoms with E-state index in [4.69, 9.17) is 15.2 Å². The smallest absolute Gasteiger partial charge is 0.256 e. The third kappa shape index (κ3) is 2.11. The predicted molar refractivity (Wildman–Crippen MR) is 69.2 cm³/mol. The summed E-state index contributed by atoms with van der Waals surface area (Å²) in [4.78, 5) is 17.8. The molecule has 0 unspecified atom stereocenters. The number of H-pyrrole nitrogens is 1. The quantitative estimate of drug-likeness (QED) is 0.785. The number of aromatic nitrogens is 3. The van der Waals surface area contributed by atoms with E-state index in [1.54, 1.807) is 19.2 Å². The van der Waals surface area contributed by atoms with Crippen LogP contribution in [0.2, 0.25) is 0 Å². The van der Waals surface area contributed by atoms with Gasteiger partial charge >= 0.3 is 0 Å². The highest BCUT2D eigenvalue weighted by molar-refractivity contribution is 5.99. The van der Waals surface area contributed by atoms with E-state index in [0.29, 0.717) is 35.1 Å². The Labute approximate surface area is 114 Å². The number of nitrogens with zero attached hydrogens (tertiary/aromatic N) is 3. The first-order chi connectivity index (χ1) is 9.65. The summed E-state index contributed by atoms with van der Waals surface area (Å²) in [6, 6.07) is 3.19. The first-order valence-corrected chi connectivity index (χ1v) is 5.94. The van der Waals surface area contributed by atoms with Crippen LogP contribution in [0.3, 0.4) is 0 Å². The number of nitrogens with one attached hydrogen (secondary N) is 1. The molecular formula is C12H13N5O3. The summed E-state index contributed by atoms with van der Waals surface area (Å²) in [7, 11) is 1.66. The average molecular weight is 275 g/mol. The zero-order valence-corrected chi connectivity index (χ0v) is 10.8. The molecule has 1 aliphatic heterocycles. The third-order valence-electron chi connectivity index (χ3n) is 2.97. The minimum atomic E-state index is -0.225. The van der Waals surface area contributed by atoms with Crippen LogP contribution in [-0.2, 0) is 6.54 Å². The van der Waals surface area contributed by atoms with Gasteiger partial charge in [-0.05, 0) is 6.07 Å². The number of ether oxygens (including phenoxy) is 2. The molecule has 1 aliphatic rings. The van der Waals surface area contributed by atoms with Crippen LogP contribution < -0.4 is 15.2 Å². The summed E-state index contributed by atoms with van der Waals surface area (Å²) in [6.45, 7) is 0.451. The Morgan fingerprint density at radius 1 is 1.45 bits per heavy atom. The van der Waals surface area contributed by atoms with Crippen molar-refractivity contribution in [3.63, 3.8) is 0 Å². The van der Waals surface area contributed by atoms with Gasteiger partial charge in [-0.15, -0.1) is 0 Å². The highest BCUT2D eigenvalue weighted by atomic mass is 16.7. The molecule has 0 saturated heterocycles. The van der Waals surface area contributed by atoms with Crippen LogP contribution >= 0.6 is 0 Å². The Balaban J connectivity index is 1.83. The SMILES string of the molecule is CN(Cc1ncn[nH]1)C(=O)c1cc2c(cc1N)OCO2. The molecule has 1 amide bonds. The molecule has 8 heteroatoms. The van der Waals surface area contributed by atoms with Crippen LogP contribution in [0.4, 0.5) is 5.69 Å². The first-order valence-electron chi connectivity index (χ1n) is 5.94. The lowest BCUT2D eigenvalue weighted by Crippen LogP contribution is -2.27. The number of aromatic amines is 1. The second kappa shape index (κ2) is 4.72. The highest BCUT2D eigenvalue weighted by Crippen LogP contribution is 2.36. The monoisotopic (exact) mass is 275 g/mol. The summed E-state index contributed by atoms with van der Waals surface area (Å²) in [5.41, 5.74) is 6.61. The number of nitrogen functional groups attached to an aromatic ring is 1. The van der Waals surface area contributed by atoms with Crippen molar-refractivity contribution in [3.05, 3.63) is 29.8 Å². The minimum Gasteiger partial charge on any atom is -0.454 e. The molecule has 1 aromatic heterocycles. The number of fused-ring (bicyclic) bond motifs is 1. The van der Waals surface area contributed by atoms with E-state index in [1.165, 1.54) is 11.2 Å². The second-order valence-corrected chi connectivity index (χ2v) is 4.39. The van der Waals surface area contributed by atoms with Crippen molar-refractivity contribution in [1.29, 1.82) is 0 Å². The molecule has 0 radical (unpaired) electrons. The van der Waals surface area contributed by atoms with E-state index in [-0.39, 0.29) is 12.7 Å². The summed E-state index contributed by atoms with van der Waals surface area (Å²) in [6.07, 6.45) is 1.39. The van der Waals surface area contributed by atoms with Crippen LogP contribution in [0.25, 0.3) is 0 Å². The average Bonchev–Trinajstić information content (AvgIpc) is 3.07. The Morgan fingerprint density at radius 3 is 2.90 bits per heavy atom. The van der Waals surface area contributed by atoms with E-state index in [2.05, 4.69) is 15.2 Å². The van der Waals surface area contributed by atoms with Crippen LogP contribution in [0.5, 0.6) is 11.5 Å². The molecule has 3 N–H and O–H groups in total. The Hall–Kier alpha value is -2.77. The summed E-state index contributed by atoms with van der Waals surface area (Å²) >= 11 is 0. The number of hydrogen-bond donors (Lipinski definition) is 2. The number of amides is 1. The van der Waals surface area contributed by atoms with Gasteiger partial charge in [0.1, 0.15) is 12.2 Å². The predicted octanol–water partition coefficient (Wildman–Crippen LogP) is 0.388. The largest absolute Gasteiger partial charge is 0.454 e. The maximum Gasteiger partial charge on any atom is 0.256 e. The number of anilines is 1. The molecule has 2 aromatic rings. The van der Waals surface area contributed by atoms with E-state index in [0.717, 1.165) is 0 Å². The number of carbonyl (C=O) groups excluding carboxylic acids is 1. The lowest BCUT2D eigenvalue weighted by molar-refractivity contribution is 0.0782. The Morgan fingerprint density at radius 2 is 2.20 bits per heavy atom.